The lowest BCUT2D eigenvalue weighted by molar-refractivity contribution is 0.615. The smallest absolute Gasteiger partial charge is 0.261 e. The van der Waals surface area contributed by atoms with E-state index in [0.29, 0.717) is 34.1 Å². The van der Waals surface area contributed by atoms with E-state index in [9.17, 15) is 9.18 Å². The van der Waals surface area contributed by atoms with Gasteiger partial charge in [0.25, 0.3) is 5.56 Å². The van der Waals surface area contributed by atoms with Crippen molar-refractivity contribution < 1.29 is 4.39 Å². The van der Waals surface area contributed by atoms with Crippen LogP contribution in [0.15, 0.2) is 47.3 Å². The third kappa shape index (κ3) is 2.84. The number of hydrogen-bond donors (Lipinski definition) is 0. The van der Waals surface area contributed by atoms with E-state index in [-0.39, 0.29) is 11.4 Å². The van der Waals surface area contributed by atoms with Gasteiger partial charge in [0.1, 0.15) is 11.6 Å². The van der Waals surface area contributed by atoms with Crippen LogP contribution in [0.25, 0.3) is 17.1 Å². The predicted octanol–water partition coefficient (Wildman–Crippen LogP) is 4.88. The van der Waals surface area contributed by atoms with Gasteiger partial charge in [-0.15, -0.1) is 0 Å². The number of benzene rings is 2. The second-order valence-electron chi connectivity index (χ2n) is 6.62. The SMILES string of the molecule is Cc1ccc(-n2c(-c3ccccc3Cl)nc3c(c2=O)CCCC3)cc1F. The number of rotatable bonds is 2. The van der Waals surface area contributed by atoms with Crippen LogP contribution in [0.2, 0.25) is 5.02 Å². The maximum atomic E-state index is 14.2. The van der Waals surface area contributed by atoms with Gasteiger partial charge in [0, 0.05) is 11.1 Å². The Labute approximate surface area is 156 Å². The zero-order valence-corrected chi connectivity index (χ0v) is 15.2. The molecule has 0 N–H and O–H groups in total. The second-order valence-corrected chi connectivity index (χ2v) is 7.03. The van der Waals surface area contributed by atoms with Gasteiger partial charge < -0.3 is 0 Å². The lowest BCUT2D eigenvalue weighted by Gasteiger charge is -2.20. The van der Waals surface area contributed by atoms with Crippen molar-refractivity contribution in [3.8, 4) is 17.1 Å². The number of halogens is 2. The van der Waals surface area contributed by atoms with E-state index < -0.39 is 0 Å². The fraction of sp³-hybridized carbons (Fsp3) is 0.238. The molecule has 0 spiro atoms. The first kappa shape index (κ1) is 17.0. The zero-order chi connectivity index (χ0) is 18.3. The highest BCUT2D eigenvalue weighted by atomic mass is 35.5. The first-order chi connectivity index (χ1) is 12.6. The molecular formula is C21H18ClFN2O. The van der Waals surface area contributed by atoms with E-state index in [4.69, 9.17) is 16.6 Å². The molecule has 0 radical (unpaired) electrons. The maximum Gasteiger partial charge on any atom is 0.261 e. The van der Waals surface area contributed by atoms with Crippen molar-refractivity contribution in [3.63, 3.8) is 0 Å². The van der Waals surface area contributed by atoms with Gasteiger partial charge >= 0.3 is 0 Å². The van der Waals surface area contributed by atoms with Gasteiger partial charge in [-0.1, -0.05) is 29.8 Å². The van der Waals surface area contributed by atoms with E-state index in [1.807, 2.05) is 18.2 Å². The molecule has 0 atom stereocenters. The fourth-order valence-electron chi connectivity index (χ4n) is 3.44. The topological polar surface area (TPSA) is 34.9 Å². The molecular weight excluding hydrogens is 351 g/mol. The first-order valence-electron chi connectivity index (χ1n) is 8.72. The molecule has 1 aromatic heterocycles. The Hall–Kier alpha value is -2.46. The third-order valence-electron chi connectivity index (χ3n) is 4.88. The van der Waals surface area contributed by atoms with E-state index in [0.717, 1.165) is 30.5 Å². The van der Waals surface area contributed by atoms with Gasteiger partial charge in [0.2, 0.25) is 0 Å². The highest BCUT2D eigenvalue weighted by Gasteiger charge is 2.22. The van der Waals surface area contributed by atoms with Crippen LogP contribution in [0.5, 0.6) is 0 Å². The average Bonchev–Trinajstić information content (AvgIpc) is 2.65. The minimum Gasteiger partial charge on any atom is -0.269 e. The molecule has 0 amide bonds. The van der Waals surface area contributed by atoms with Gasteiger partial charge in [-0.3, -0.25) is 9.36 Å². The monoisotopic (exact) mass is 368 g/mol. The van der Waals surface area contributed by atoms with Gasteiger partial charge in [0.15, 0.2) is 0 Å². The fourth-order valence-corrected chi connectivity index (χ4v) is 3.66. The van der Waals surface area contributed by atoms with Crippen molar-refractivity contribution in [2.75, 3.05) is 0 Å². The summed E-state index contributed by atoms with van der Waals surface area (Å²) in [7, 11) is 0. The quantitative estimate of drug-likeness (QED) is 0.646. The minimum atomic E-state index is -0.350. The predicted molar refractivity (Wildman–Crippen MR) is 102 cm³/mol. The van der Waals surface area contributed by atoms with Crippen LogP contribution in [0.3, 0.4) is 0 Å². The summed E-state index contributed by atoms with van der Waals surface area (Å²) in [5.41, 5.74) is 3.10. The summed E-state index contributed by atoms with van der Waals surface area (Å²) < 4.78 is 15.7. The van der Waals surface area contributed by atoms with E-state index in [1.165, 1.54) is 10.6 Å². The number of aryl methyl sites for hydroxylation is 2. The molecule has 3 aromatic rings. The number of fused-ring (bicyclic) bond motifs is 1. The van der Waals surface area contributed by atoms with Crippen LogP contribution in [0.4, 0.5) is 4.39 Å². The molecule has 0 aliphatic heterocycles. The molecule has 5 heteroatoms. The molecule has 1 heterocycles. The number of hydrogen-bond acceptors (Lipinski definition) is 2. The van der Waals surface area contributed by atoms with Crippen molar-refractivity contribution >= 4 is 11.6 Å². The van der Waals surface area contributed by atoms with Crippen LogP contribution < -0.4 is 5.56 Å². The summed E-state index contributed by atoms with van der Waals surface area (Å²) in [6, 6.07) is 12.1. The lowest BCUT2D eigenvalue weighted by atomic mass is 9.96. The largest absolute Gasteiger partial charge is 0.269 e. The molecule has 1 aliphatic carbocycles. The summed E-state index contributed by atoms with van der Waals surface area (Å²) in [5.74, 6) is 0.113. The average molecular weight is 369 g/mol. The summed E-state index contributed by atoms with van der Waals surface area (Å²) in [6.07, 6.45) is 3.48. The Morgan fingerprint density at radius 3 is 2.65 bits per heavy atom. The van der Waals surface area contributed by atoms with Crippen molar-refractivity contribution in [1.29, 1.82) is 0 Å². The van der Waals surface area contributed by atoms with Gasteiger partial charge in [-0.25, -0.2) is 9.37 Å². The van der Waals surface area contributed by atoms with Crippen LogP contribution in [0, 0.1) is 12.7 Å². The Bertz CT molecular complexity index is 1060. The Balaban J connectivity index is 2.06. The molecule has 0 unspecified atom stereocenters. The Kier molecular flexibility index (Phi) is 4.37. The van der Waals surface area contributed by atoms with Crippen molar-refractivity contribution in [2.45, 2.75) is 32.6 Å². The summed E-state index contributed by atoms with van der Waals surface area (Å²) in [5, 5.41) is 0.511. The molecule has 0 bridgehead atoms. The summed E-state index contributed by atoms with van der Waals surface area (Å²) in [6.45, 7) is 1.70. The highest BCUT2D eigenvalue weighted by Crippen LogP contribution is 2.29. The van der Waals surface area contributed by atoms with E-state index in [2.05, 4.69) is 0 Å². The second kappa shape index (κ2) is 6.69. The van der Waals surface area contributed by atoms with Crippen LogP contribution in [-0.2, 0) is 12.8 Å². The molecule has 0 fully saturated rings. The Morgan fingerprint density at radius 1 is 1.12 bits per heavy atom. The van der Waals surface area contributed by atoms with Crippen LogP contribution in [0.1, 0.15) is 29.7 Å². The maximum absolute atomic E-state index is 14.2. The summed E-state index contributed by atoms with van der Waals surface area (Å²) >= 11 is 6.38. The molecule has 132 valence electrons. The lowest BCUT2D eigenvalue weighted by Crippen LogP contribution is -2.29. The van der Waals surface area contributed by atoms with Crippen LogP contribution in [-0.4, -0.2) is 9.55 Å². The normalized spacial score (nSPS) is 13.5. The summed E-state index contributed by atoms with van der Waals surface area (Å²) in [4.78, 5) is 18.1. The zero-order valence-electron chi connectivity index (χ0n) is 14.4. The molecule has 26 heavy (non-hydrogen) atoms. The highest BCUT2D eigenvalue weighted by molar-refractivity contribution is 6.33. The van der Waals surface area contributed by atoms with Crippen LogP contribution >= 0.6 is 11.6 Å². The number of nitrogens with zero attached hydrogens (tertiary/aromatic N) is 2. The van der Waals surface area contributed by atoms with E-state index in [1.54, 1.807) is 25.1 Å². The Morgan fingerprint density at radius 2 is 1.88 bits per heavy atom. The first-order valence-corrected chi connectivity index (χ1v) is 9.10. The molecule has 0 saturated heterocycles. The van der Waals surface area contributed by atoms with Crippen molar-refractivity contribution in [1.82, 2.24) is 9.55 Å². The molecule has 4 rings (SSSR count). The van der Waals surface area contributed by atoms with Crippen molar-refractivity contribution in [2.24, 2.45) is 0 Å². The number of aromatic nitrogens is 2. The minimum absolute atomic E-state index is 0.132. The van der Waals surface area contributed by atoms with E-state index >= 15 is 0 Å². The third-order valence-corrected chi connectivity index (χ3v) is 5.21. The molecule has 0 saturated carbocycles. The van der Waals surface area contributed by atoms with Crippen molar-refractivity contribution in [3.05, 3.63) is 80.5 Å². The van der Waals surface area contributed by atoms with Gasteiger partial charge in [-0.05, 0) is 62.4 Å². The molecule has 2 aromatic carbocycles. The van der Waals surface area contributed by atoms with Gasteiger partial charge in [0.05, 0.1) is 16.4 Å². The van der Waals surface area contributed by atoms with Gasteiger partial charge in [-0.2, -0.15) is 0 Å². The molecule has 1 aliphatic rings. The standard InChI is InChI=1S/C21H18ClFN2O/c1-13-10-11-14(12-18(13)23)25-20(15-6-2-4-8-17(15)22)24-19-9-5-3-7-16(19)21(25)26/h2,4,6,8,10-12H,3,5,7,9H2,1H3. The molecule has 3 nitrogen and oxygen atoms in total.